The number of aromatic nitrogens is 3. The summed E-state index contributed by atoms with van der Waals surface area (Å²) in [6.45, 7) is 1.84. The Morgan fingerprint density at radius 2 is 2.04 bits per heavy atom. The van der Waals surface area contributed by atoms with Gasteiger partial charge in [0.25, 0.3) is 11.1 Å². The second kappa shape index (κ2) is 6.31. The van der Waals surface area contributed by atoms with Gasteiger partial charge in [0, 0.05) is 33.9 Å². The average Bonchev–Trinajstić information content (AvgIpc) is 2.64. The van der Waals surface area contributed by atoms with E-state index in [9.17, 15) is 9.59 Å². The molecule has 130 valence electrons. The minimum absolute atomic E-state index is 0.197. The van der Waals surface area contributed by atoms with Crippen LogP contribution in [0.15, 0.2) is 64.6 Å². The highest BCUT2D eigenvalue weighted by atomic mass is 35.5. The van der Waals surface area contributed by atoms with Crippen LogP contribution in [0, 0.1) is 0 Å². The summed E-state index contributed by atoms with van der Waals surface area (Å²) in [6.07, 6.45) is 4.78. The third-order valence-electron chi connectivity index (χ3n) is 4.33. The molecule has 4 aromatic rings. The molecule has 0 radical (unpaired) electrons. The first-order valence-electron chi connectivity index (χ1n) is 8.07. The molecular formula is C19H15ClN4O2. The number of hydrogen-bond donors (Lipinski definition) is 2. The van der Waals surface area contributed by atoms with Crippen molar-refractivity contribution in [1.82, 2.24) is 14.4 Å². The normalized spacial score (nSPS) is 12.4. The lowest BCUT2D eigenvalue weighted by Crippen LogP contribution is -2.24. The Morgan fingerprint density at radius 1 is 1.19 bits per heavy atom. The predicted octanol–water partition coefficient (Wildman–Crippen LogP) is 3.36. The SMILES string of the molecule is CC(Nc1ccc2cnccn2c1=O)c1cc2cc(Cl)ccc2[nH]c1=O. The van der Waals surface area contributed by atoms with Crippen LogP contribution in [0.4, 0.5) is 5.69 Å². The van der Waals surface area contributed by atoms with Gasteiger partial charge in [0.15, 0.2) is 0 Å². The quantitative estimate of drug-likeness (QED) is 0.582. The summed E-state index contributed by atoms with van der Waals surface area (Å²) in [4.78, 5) is 31.9. The van der Waals surface area contributed by atoms with Gasteiger partial charge in [0.1, 0.15) is 5.69 Å². The zero-order chi connectivity index (χ0) is 18.3. The lowest BCUT2D eigenvalue weighted by atomic mass is 10.1. The van der Waals surface area contributed by atoms with Crippen molar-refractivity contribution in [2.75, 3.05) is 5.32 Å². The number of nitrogens with one attached hydrogen (secondary N) is 2. The Morgan fingerprint density at radius 3 is 2.88 bits per heavy atom. The van der Waals surface area contributed by atoms with E-state index >= 15 is 0 Å². The Labute approximate surface area is 153 Å². The number of fused-ring (bicyclic) bond motifs is 2. The third-order valence-corrected chi connectivity index (χ3v) is 4.57. The number of benzene rings is 1. The van der Waals surface area contributed by atoms with E-state index in [-0.39, 0.29) is 17.2 Å². The maximum atomic E-state index is 12.6. The second-order valence-electron chi connectivity index (χ2n) is 6.07. The fourth-order valence-electron chi connectivity index (χ4n) is 2.99. The van der Waals surface area contributed by atoms with E-state index in [2.05, 4.69) is 15.3 Å². The zero-order valence-electron chi connectivity index (χ0n) is 13.9. The second-order valence-corrected chi connectivity index (χ2v) is 6.51. The summed E-state index contributed by atoms with van der Waals surface area (Å²) in [5.74, 6) is 0. The minimum atomic E-state index is -0.366. The maximum absolute atomic E-state index is 12.6. The highest BCUT2D eigenvalue weighted by molar-refractivity contribution is 6.31. The van der Waals surface area contributed by atoms with Crippen molar-refractivity contribution in [3.05, 3.63) is 86.3 Å². The molecule has 6 nitrogen and oxygen atoms in total. The van der Waals surface area contributed by atoms with Gasteiger partial charge < -0.3 is 10.3 Å². The van der Waals surface area contributed by atoms with Gasteiger partial charge in [-0.05, 0) is 43.3 Å². The molecule has 0 saturated carbocycles. The van der Waals surface area contributed by atoms with E-state index in [4.69, 9.17) is 11.6 Å². The van der Waals surface area contributed by atoms with E-state index in [1.807, 2.05) is 6.92 Å². The maximum Gasteiger partial charge on any atom is 0.278 e. The number of rotatable bonds is 3. The summed E-state index contributed by atoms with van der Waals surface area (Å²) in [5, 5.41) is 4.56. The van der Waals surface area contributed by atoms with Crippen molar-refractivity contribution in [3.8, 4) is 0 Å². The van der Waals surface area contributed by atoms with Gasteiger partial charge in [-0.15, -0.1) is 0 Å². The van der Waals surface area contributed by atoms with E-state index < -0.39 is 0 Å². The Kier molecular flexibility index (Phi) is 3.97. The lowest BCUT2D eigenvalue weighted by molar-refractivity contribution is 0.859. The molecule has 0 fully saturated rings. The van der Waals surface area contributed by atoms with Gasteiger partial charge >= 0.3 is 0 Å². The van der Waals surface area contributed by atoms with E-state index in [1.54, 1.807) is 55.0 Å². The molecule has 3 aromatic heterocycles. The highest BCUT2D eigenvalue weighted by Crippen LogP contribution is 2.21. The van der Waals surface area contributed by atoms with Gasteiger partial charge in [-0.2, -0.15) is 0 Å². The molecule has 4 rings (SSSR count). The summed E-state index contributed by atoms with van der Waals surface area (Å²) in [7, 11) is 0. The van der Waals surface area contributed by atoms with Crippen LogP contribution in [0.3, 0.4) is 0 Å². The third kappa shape index (κ3) is 2.84. The number of anilines is 1. The fourth-order valence-corrected chi connectivity index (χ4v) is 3.17. The van der Waals surface area contributed by atoms with Crippen molar-refractivity contribution in [2.24, 2.45) is 0 Å². The first kappa shape index (κ1) is 16.4. The summed E-state index contributed by atoms with van der Waals surface area (Å²) >= 11 is 6.04. The molecule has 26 heavy (non-hydrogen) atoms. The topological polar surface area (TPSA) is 79.3 Å². The Hall–Kier alpha value is -3.12. The molecule has 1 atom stereocenters. The molecule has 0 spiro atoms. The van der Waals surface area contributed by atoms with Crippen molar-refractivity contribution in [3.63, 3.8) is 0 Å². The highest BCUT2D eigenvalue weighted by Gasteiger charge is 2.13. The van der Waals surface area contributed by atoms with Gasteiger partial charge in [-0.25, -0.2) is 0 Å². The van der Waals surface area contributed by atoms with Crippen LogP contribution in [-0.2, 0) is 0 Å². The smallest absolute Gasteiger partial charge is 0.278 e. The summed E-state index contributed by atoms with van der Waals surface area (Å²) < 4.78 is 1.51. The summed E-state index contributed by atoms with van der Waals surface area (Å²) in [6, 6.07) is 10.2. The molecular weight excluding hydrogens is 352 g/mol. The van der Waals surface area contributed by atoms with Gasteiger partial charge in [-0.1, -0.05) is 11.6 Å². The molecule has 3 heterocycles. The first-order valence-corrected chi connectivity index (χ1v) is 8.45. The Balaban J connectivity index is 1.75. The van der Waals surface area contributed by atoms with Crippen LogP contribution in [0.5, 0.6) is 0 Å². The predicted molar refractivity (Wildman–Crippen MR) is 103 cm³/mol. The standard InChI is InChI=1S/C19H15ClN4O2/c1-11(15-9-12-8-13(20)2-4-16(12)23-18(15)25)22-17-5-3-14-10-21-6-7-24(14)19(17)26/h2-11,22H,1H3,(H,23,25). The molecule has 0 saturated heterocycles. The van der Waals surface area contributed by atoms with Crippen LogP contribution in [-0.4, -0.2) is 14.4 Å². The van der Waals surface area contributed by atoms with Crippen LogP contribution in [0.1, 0.15) is 18.5 Å². The molecule has 0 aliphatic carbocycles. The number of nitrogens with zero attached hydrogens (tertiary/aromatic N) is 2. The van der Waals surface area contributed by atoms with Gasteiger partial charge in [-0.3, -0.25) is 19.0 Å². The number of pyridine rings is 2. The number of halogens is 1. The van der Waals surface area contributed by atoms with Crippen molar-refractivity contribution >= 4 is 33.7 Å². The van der Waals surface area contributed by atoms with Gasteiger partial charge in [0.2, 0.25) is 0 Å². The van der Waals surface area contributed by atoms with Crippen LogP contribution in [0.2, 0.25) is 5.02 Å². The average molecular weight is 367 g/mol. The fraction of sp³-hybridized carbons (Fsp3) is 0.105. The Bertz CT molecular complexity index is 1250. The van der Waals surface area contributed by atoms with E-state index in [1.165, 1.54) is 4.40 Å². The largest absolute Gasteiger partial charge is 0.374 e. The first-order chi connectivity index (χ1) is 12.5. The number of aromatic amines is 1. The molecule has 1 unspecified atom stereocenters. The molecule has 0 aliphatic rings. The molecule has 7 heteroatoms. The van der Waals surface area contributed by atoms with Crippen LogP contribution >= 0.6 is 11.6 Å². The van der Waals surface area contributed by atoms with Gasteiger partial charge in [0.05, 0.1) is 17.8 Å². The minimum Gasteiger partial charge on any atom is -0.374 e. The van der Waals surface area contributed by atoms with Crippen LogP contribution < -0.4 is 16.4 Å². The zero-order valence-corrected chi connectivity index (χ0v) is 14.6. The van der Waals surface area contributed by atoms with E-state index in [0.717, 1.165) is 5.39 Å². The summed E-state index contributed by atoms with van der Waals surface area (Å²) in [5.41, 5.74) is 1.95. The number of H-pyrrole nitrogens is 1. The van der Waals surface area contributed by atoms with Crippen molar-refractivity contribution < 1.29 is 0 Å². The van der Waals surface area contributed by atoms with E-state index in [0.29, 0.717) is 27.3 Å². The molecule has 0 aliphatic heterocycles. The number of hydrogen-bond acceptors (Lipinski definition) is 4. The van der Waals surface area contributed by atoms with Crippen molar-refractivity contribution in [1.29, 1.82) is 0 Å². The molecule has 1 aromatic carbocycles. The molecule has 2 N–H and O–H groups in total. The van der Waals surface area contributed by atoms with Crippen LogP contribution in [0.25, 0.3) is 16.4 Å². The molecule has 0 amide bonds. The monoisotopic (exact) mass is 366 g/mol. The lowest BCUT2D eigenvalue weighted by Gasteiger charge is -2.15. The molecule has 0 bridgehead atoms. The van der Waals surface area contributed by atoms with Crippen molar-refractivity contribution in [2.45, 2.75) is 13.0 Å².